The lowest BCUT2D eigenvalue weighted by Crippen LogP contribution is -2.16. The van der Waals surface area contributed by atoms with Gasteiger partial charge in [0, 0.05) is 18.7 Å². The average Bonchev–Trinajstić information content (AvgIpc) is 2.59. The van der Waals surface area contributed by atoms with Crippen molar-refractivity contribution in [3.05, 3.63) is 29.7 Å². The van der Waals surface area contributed by atoms with Gasteiger partial charge in [-0.1, -0.05) is 6.07 Å². The summed E-state index contributed by atoms with van der Waals surface area (Å²) in [5.41, 5.74) is 2.12. The molecule has 0 unspecified atom stereocenters. The van der Waals surface area contributed by atoms with E-state index in [1.807, 2.05) is 12.1 Å². The lowest BCUT2D eigenvalue weighted by Gasteiger charge is -2.08. The van der Waals surface area contributed by atoms with E-state index in [4.69, 9.17) is 0 Å². The molecule has 0 aliphatic heterocycles. The summed E-state index contributed by atoms with van der Waals surface area (Å²) in [7, 11) is 4.13. The summed E-state index contributed by atoms with van der Waals surface area (Å²) in [5, 5.41) is 8.37. The fraction of sp³-hybridized carbons (Fsp3) is 0.455. The van der Waals surface area contributed by atoms with Gasteiger partial charge in [0.2, 0.25) is 0 Å². The van der Waals surface area contributed by atoms with Crippen molar-refractivity contribution in [2.75, 3.05) is 20.6 Å². The summed E-state index contributed by atoms with van der Waals surface area (Å²) < 4.78 is 2.11. The monoisotopic (exact) mass is 204 g/mol. The third kappa shape index (κ3) is 1.99. The molecule has 0 saturated heterocycles. The van der Waals surface area contributed by atoms with Crippen LogP contribution in [0.4, 0.5) is 0 Å². The van der Waals surface area contributed by atoms with E-state index in [1.54, 1.807) is 0 Å². The van der Waals surface area contributed by atoms with Crippen molar-refractivity contribution in [2.45, 2.75) is 13.3 Å². The van der Waals surface area contributed by atoms with Crippen molar-refractivity contribution in [1.29, 1.82) is 0 Å². The number of nitrogens with zero attached hydrogens (tertiary/aromatic N) is 4. The summed E-state index contributed by atoms with van der Waals surface area (Å²) >= 11 is 0. The summed E-state index contributed by atoms with van der Waals surface area (Å²) in [4.78, 5) is 2.15. The molecule has 0 fully saturated rings. The van der Waals surface area contributed by atoms with Crippen LogP contribution < -0.4 is 0 Å². The molecular formula is C11H16N4. The summed E-state index contributed by atoms with van der Waals surface area (Å²) in [6, 6.07) is 6.07. The van der Waals surface area contributed by atoms with Crippen molar-refractivity contribution in [3.8, 4) is 0 Å². The number of rotatable bonds is 3. The molecule has 0 bridgehead atoms. The first-order valence-electron chi connectivity index (χ1n) is 5.13. The lowest BCUT2D eigenvalue weighted by molar-refractivity contribution is 0.408. The zero-order valence-electron chi connectivity index (χ0n) is 9.44. The Morgan fingerprint density at radius 1 is 1.27 bits per heavy atom. The molecule has 0 N–H and O–H groups in total. The van der Waals surface area contributed by atoms with Crippen LogP contribution in [0.5, 0.6) is 0 Å². The van der Waals surface area contributed by atoms with Crippen LogP contribution in [0.3, 0.4) is 0 Å². The van der Waals surface area contributed by atoms with Gasteiger partial charge >= 0.3 is 0 Å². The van der Waals surface area contributed by atoms with Crippen LogP contribution in [0.15, 0.2) is 18.2 Å². The van der Waals surface area contributed by atoms with Gasteiger partial charge < -0.3 is 4.90 Å². The number of fused-ring (bicyclic) bond motifs is 1. The molecule has 4 heteroatoms. The van der Waals surface area contributed by atoms with E-state index in [0.717, 1.165) is 24.4 Å². The first-order valence-corrected chi connectivity index (χ1v) is 5.13. The summed E-state index contributed by atoms with van der Waals surface area (Å²) in [6.45, 7) is 3.07. The molecule has 2 heterocycles. The molecule has 0 amide bonds. The fourth-order valence-electron chi connectivity index (χ4n) is 1.66. The maximum absolute atomic E-state index is 4.21. The number of hydrogen-bond acceptors (Lipinski definition) is 3. The lowest BCUT2D eigenvalue weighted by atomic mass is 10.3. The molecule has 0 spiro atoms. The highest BCUT2D eigenvalue weighted by Crippen LogP contribution is 2.08. The van der Waals surface area contributed by atoms with Gasteiger partial charge in [-0.05, 0) is 33.2 Å². The van der Waals surface area contributed by atoms with Crippen LogP contribution in [-0.4, -0.2) is 40.1 Å². The van der Waals surface area contributed by atoms with Crippen LogP contribution >= 0.6 is 0 Å². The third-order valence-corrected chi connectivity index (χ3v) is 2.47. The zero-order valence-corrected chi connectivity index (χ0v) is 9.44. The van der Waals surface area contributed by atoms with Crippen LogP contribution in [0.2, 0.25) is 0 Å². The van der Waals surface area contributed by atoms with Crippen LogP contribution in [0, 0.1) is 6.92 Å². The molecule has 0 aliphatic carbocycles. The zero-order chi connectivity index (χ0) is 10.8. The Morgan fingerprint density at radius 2 is 2.07 bits per heavy atom. The maximum atomic E-state index is 4.21. The van der Waals surface area contributed by atoms with Gasteiger partial charge in [0.25, 0.3) is 0 Å². The Labute approximate surface area is 89.5 Å². The highest BCUT2D eigenvalue weighted by atomic mass is 15.3. The van der Waals surface area contributed by atoms with Gasteiger partial charge in [-0.15, -0.1) is 10.2 Å². The second kappa shape index (κ2) is 3.98. The van der Waals surface area contributed by atoms with E-state index in [1.165, 1.54) is 5.69 Å². The molecule has 2 aromatic heterocycles. The smallest absolute Gasteiger partial charge is 0.160 e. The largest absolute Gasteiger partial charge is 0.309 e. The molecule has 4 nitrogen and oxygen atoms in total. The third-order valence-electron chi connectivity index (χ3n) is 2.47. The molecular weight excluding hydrogens is 188 g/mol. The van der Waals surface area contributed by atoms with E-state index in [-0.39, 0.29) is 0 Å². The van der Waals surface area contributed by atoms with Crippen molar-refractivity contribution >= 4 is 5.65 Å². The minimum Gasteiger partial charge on any atom is -0.309 e. The average molecular weight is 204 g/mol. The van der Waals surface area contributed by atoms with Gasteiger partial charge in [-0.25, -0.2) is 0 Å². The fourth-order valence-corrected chi connectivity index (χ4v) is 1.66. The number of hydrogen-bond donors (Lipinski definition) is 0. The normalized spacial score (nSPS) is 11.5. The Morgan fingerprint density at radius 3 is 2.80 bits per heavy atom. The quantitative estimate of drug-likeness (QED) is 0.751. The number of aryl methyl sites for hydroxylation is 1. The molecule has 0 radical (unpaired) electrons. The van der Waals surface area contributed by atoms with Gasteiger partial charge in [0.05, 0.1) is 0 Å². The maximum Gasteiger partial charge on any atom is 0.160 e. The number of aromatic nitrogens is 3. The summed E-state index contributed by atoms with van der Waals surface area (Å²) in [5.74, 6) is 1.04. The van der Waals surface area contributed by atoms with E-state index >= 15 is 0 Å². The van der Waals surface area contributed by atoms with Crippen molar-refractivity contribution < 1.29 is 0 Å². The molecule has 0 aromatic carbocycles. The first-order chi connectivity index (χ1) is 7.18. The van der Waals surface area contributed by atoms with Crippen molar-refractivity contribution in [2.24, 2.45) is 0 Å². The molecule has 15 heavy (non-hydrogen) atoms. The van der Waals surface area contributed by atoms with E-state index < -0.39 is 0 Å². The Kier molecular flexibility index (Phi) is 2.68. The van der Waals surface area contributed by atoms with Gasteiger partial charge in [0.1, 0.15) is 5.82 Å². The van der Waals surface area contributed by atoms with E-state index in [0.29, 0.717) is 0 Å². The van der Waals surface area contributed by atoms with Gasteiger partial charge in [0.15, 0.2) is 5.65 Å². The topological polar surface area (TPSA) is 33.4 Å². The van der Waals surface area contributed by atoms with Gasteiger partial charge in [-0.3, -0.25) is 4.40 Å². The number of likely N-dealkylation sites (N-methyl/N-ethyl adjacent to an activating group) is 1. The van der Waals surface area contributed by atoms with Crippen LogP contribution in [0.25, 0.3) is 5.65 Å². The summed E-state index contributed by atoms with van der Waals surface area (Å²) in [6.07, 6.45) is 0.930. The molecule has 80 valence electrons. The highest BCUT2D eigenvalue weighted by molar-refractivity contribution is 5.39. The minimum absolute atomic E-state index is 0.930. The SMILES string of the molecule is Cc1cccc2nnc(CCN(C)C)n12. The Bertz CT molecular complexity index is 459. The minimum atomic E-state index is 0.930. The molecule has 2 rings (SSSR count). The van der Waals surface area contributed by atoms with Crippen LogP contribution in [-0.2, 0) is 6.42 Å². The van der Waals surface area contributed by atoms with E-state index in [9.17, 15) is 0 Å². The molecule has 0 saturated carbocycles. The number of pyridine rings is 1. The second-order valence-electron chi connectivity index (χ2n) is 4.03. The van der Waals surface area contributed by atoms with Crippen molar-refractivity contribution in [1.82, 2.24) is 19.5 Å². The Hall–Kier alpha value is -1.42. The predicted octanol–water partition coefficient (Wildman–Crippen LogP) is 1.14. The predicted molar refractivity (Wildman–Crippen MR) is 60.0 cm³/mol. The van der Waals surface area contributed by atoms with Crippen molar-refractivity contribution in [3.63, 3.8) is 0 Å². The molecule has 2 aromatic rings. The second-order valence-corrected chi connectivity index (χ2v) is 4.03. The van der Waals surface area contributed by atoms with Gasteiger partial charge in [-0.2, -0.15) is 0 Å². The first kappa shape index (κ1) is 10.1. The highest BCUT2D eigenvalue weighted by Gasteiger charge is 2.06. The standard InChI is InChI=1S/C11H16N4/c1-9-5-4-6-10-12-13-11(15(9)10)7-8-14(2)3/h4-6H,7-8H2,1-3H3. The Balaban J connectivity index is 2.35. The van der Waals surface area contributed by atoms with Crippen LogP contribution in [0.1, 0.15) is 11.5 Å². The van der Waals surface area contributed by atoms with E-state index in [2.05, 4.69) is 46.6 Å². The molecule has 0 aliphatic rings. The molecule has 0 atom stereocenters.